The Morgan fingerprint density at radius 3 is 3.17 bits per heavy atom. The van der Waals surface area contributed by atoms with E-state index in [1.807, 2.05) is 0 Å². The lowest BCUT2D eigenvalue weighted by atomic mass is 10.0. The molecule has 1 atom stereocenters. The Labute approximate surface area is 103 Å². The summed E-state index contributed by atoms with van der Waals surface area (Å²) in [6, 6.07) is 5.92. The first-order chi connectivity index (χ1) is 8.74. The van der Waals surface area contributed by atoms with Crippen LogP contribution in [-0.2, 0) is 6.42 Å². The van der Waals surface area contributed by atoms with Gasteiger partial charge in [-0.1, -0.05) is 6.07 Å². The van der Waals surface area contributed by atoms with Gasteiger partial charge in [-0.25, -0.2) is 9.38 Å². The molecule has 1 N–H and O–H groups in total. The number of hydrogen-bond donors (Lipinski definition) is 1. The number of rotatable bonds is 2. The second-order valence-electron chi connectivity index (χ2n) is 4.69. The Kier molecular flexibility index (Phi) is 2.83. The molecule has 0 radical (unpaired) electrons. The van der Waals surface area contributed by atoms with Crippen LogP contribution in [0.15, 0.2) is 29.1 Å². The molecule has 0 aliphatic carbocycles. The fraction of sp³-hybridized carbons (Fsp3) is 0.385. The average Bonchev–Trinajstić information content (AvgIpc) is 2.81. The summed E-state index contributed by atoms with van der Waals surface area (Å²) in [6.07, 6.45) is 1.87. The molecule has 1 fully saturated rings. The number of pyridine rings is 1. The van der Waals surface area contributed by atoms with Crippen molar-refractivity contribution in [1.82, 2.24) is 14.7 Å². The molecule has 0 amide bonds. The second-order valence-corrected chi connectivity index (χ2v) is 4.69. The Bertz CT molecular complexity index is 632. The van der Waals surface area contributed by atoms with E-state index in [0.29, 0.717) is 11.6 Å². The highest BCUT2D eigenvalue weighted by molar-refractivity contribution is 5.38. The number of aromatic nitrogens is 2. The largest absolute Gasteiger partial charge is 0.316 e. The second kappa shape index (κ2) is 4.49. The molecule has 18 heavy (non-hydrogen) atoms. The summed E-state index contributed by atoms with van der Waals surface area (Å²) in [6.45, 7) is 1.98. The molecule has 5 heteroatoms. The van der Waals surface area contributed by atoms with Gasteiger partial charge in [-0.2, -0.15) is 4.39 Å². The summed E-state index contributed by atoms with van der Waals surface area (Å²) in [7, 11) is 0. The third-order valence-electron chi connectivity index (χ3n) is 3.35. The zero-order chi connectivity index (χ0) is 12.5. The number of halogens is 1. The number of nitrogens with one attached hydrogen (secondary N) is 1. The zero-order valence-electron chi connectivity index (χ0n) is 9.90. The summed E-state index contributed by atoms with van der Waals surface area (Å²) < 4.78 is 14.5. The van der Waals surface area contributed by atoms with Gasteiger partial charge in [-0.3, -0.25) is 4.79 Å². The Morgan fingerprint density at radius 2 is 2.39 bits per heavy atom. The van der Waals surface area contributed by atoms with E-state index in [1.54, 1.807) is 12.1 Å². The minimum absolute atomic E-state index is 0.348. The highest BCUT2D eigenvalue weighted by Gasteiger charge is 2.16. The number of hydrogen-bond acceptors (Lipinski definition) is 3. The van der Waals surface area contributed by atoms with E-state index < -0.39 is 5.95 Å². The van der Waals surface area contributed by atoms with Crippen molar-refractivity contribution in [2.24, 2.45) is 5.92 Å². The maximum atomic E-state index is 13.5. The molecule has 94 valence electrons. The van der Waals surface area contributed by atoms with Crippen molar-refractivity contribution in [3.63, 3.8) is 0 Å². The molecule has 0 bridgehead atoms. The van der Waals surface area contributed by atoms with Crippen LogP contribution in [0.1, 0.15) is 12.1 Å². The quantitative estimate of drug-likeness (QED) is 0.805. The number of nitrogens with zero attached hydrogens (tertiary/aromatic N) is 2. The normalized spacial score (nSPS) is 19.5. The smallest absolute Gasteiger partial charge is 0.260 e. The lowest BCUT2D eigenvalue weighted by Gasteiger charge is -2.08. The molecule has 0 saturated carbocycles. The topological polar surface area (TPSA) is 46.4 Å². The standard InChI is InChI=1S/C13H14FN3O/c14-11-2-1-3-12-16-10(7-13(18)17(11)12)6-9-4-5-15-8-9/h1-3,7,9,15H,4-6,8H2. The van der Waals surface area contributed by atoms with Crippen LogP contribution in [0.2, 0.25) is 0 Å². The van der Waals surface area contributed by atoms with Crippen LogP contribution in [0, 0.1) is 11.9 Å². The summed E-state index contributed by atoms with van der Waals surface area (Å²) in [5, 5.41) is 3.28. The first-order valence-electron chi connectivity index (χ1n) is 6.12. The van der Waals surface area contributed by atoms with E-state index in [4.69, 9.17) is 0 Å². The van der Waals surface area contributed by atoms with Gasteiger partial charge in [0.15, 0.2) is 0 Å². The van der Waals surface area contributed by atoms with E-state index in [9.17, 15) is 9.18 Å². The molecule has 0 aromatic carbocycles. The van der Waals surface area contributed by atoms with Gasteiger partial charge in [-0.15, -0.1) is 0 Å². The highest BCUT2D eigenvalue weighted by atomic mass is 19.1. The van der Waals surface area contributed by atoms with E-state index >= 15 is 0 Å². The van der Waals surface area contributed by atoms with Crippen LogP contribution in [0.3, 0.4) is 0 Å². The molecule has 1 aliphatic rings. The third kappa shape index (κ3) is 2.01. The van der Waals surface area contributed by atoms with Crippen molar-refractivity contribution < 1.29 is 4.39 Å². The maximum absolute atomic E-state index is 13.5. The highest BCUT2D eigenvalue weighted by Crippen LogP contribution is 2.13. The SMILES string of the molecule is O=c1cc(CC2CCNC2)nc2cccc(F)n12. The third-order valence-corrected chi connectivity index (χ3v) is 3.35. The zero-order valence-corrected chi connectivity index (χ0v) is 9.90. The van der Waals surface area contributed by atoms with Crippen molar-refractivity contribution >= 4 is 5.65 Å². The number of fused-ring (bicyclic) bond motifs is 1. The fourth-order valence-electron chi connectivity index (χ4n) is 2.45. The van der Waals surface area contributed by atoms with E-state index in [1.165, 1.54) is 12.1 Å². The van der Waals surface area contributed by atoms with Crippen LogP contribution in [-0.4, -0.2) is 22.5 Å². The van der Waals surface area contributed by atoms with Crippen LogP contribution in [0.4, 0.5) is 4.39 Å². The van der Waals surface area contributed by atoms with Gasteiger partial charge in [-0.05, 0) is 44.0 Å². The predicted octanol–water partition coefficient (Wildman–Crippen LogP) is 0.986. The van der Waals surface area contributed by atoms with Crippen LogP contribution < -0.4 is 10.9 Å². The van der Waals surface area contributed by atoms with Gasteiger partial charge in [0.1, 0.15) is 5.65 Å². The molecule has 4 nitrogen and oxygen atoms in total. The summed E-state index contributed by atoms with van der Waals surface area (Å²) in [5.41, 5.74) is 0.779. The summed E-state index contributed by atoms with van der Waals surface area (Å²) in [5.74, 6) is -0.0491. The van der Waals surface area contributed by atoms with Crippen LogP contribution in [0.25, 0.3) is 5.65 Å². The molecule has 3 rings (SSSR count). The summed E-state index contributed by atoms with van der Waals surface area (Å²) in [4.78, 5) is 16.2. The van der Waals surface area contributed by atoms with Crippen LogP contribution in [0.5, 0.6) is 0 Å². The van der Waals surface area contributed by atoms with Crippen molar-refractivity contribution in [3.05, 3.63) is 46.3 Å². The minimum atomic E-state index is -0.570. The predicted molar refractivity (Wildman–Crippen MR) is 66.1 cm³/mol. The molecule has 1 saturated heterocycles. The van der Waals surface area contributed by atoms with E-state index in [-0.39, 0.29) is 5.56 Å². The first-order valence-corrected chi connectivity index (χ1v) is 6.12. The van der Waals surface area contributed by atoms with Gasteiger partial charge in [0.2, 0.25) is 5.95 Å². The Balaban J connectivity index is 2.02. The van der Waals surface area contributed by atoms with Crippen molar-refractivity contribution in [3.8, 4) is 0 Å². The van der Waals surface area contributed by atoms with Crippen LogP contribution >= 0.6 is 0 Å². The lowest BCUT2D eigenvalue weighted by molar-refractivity contribution is 0.551. The monoisotopic (exact) mass is 247 g/mol. The fourth-order valence-corrected chi connectivity index (χ4v) is 2.45. The molecule has 2 aromatic rings. The molecular weight excluding hydrogens is 233 g/mol. The average molecular weight is 247 g/mol. The van der Waals surface area contributed by atoms with E-state index in [0.717, 1.165) is 36.0 Å². The maximum Gasteiger partial charge on any atom is 0.260 e. The van der Waals surface area contributed by atoms with Crippen molar-refractivity contribution in [2.75, 3.05) is 13.1 Å². The Hall–Kier alpha value is -1.75. The van der Waals surface area contributed by atoms with Gasteiger partial charge < -0.3 is 5.32 Å². The molecular formula is C13H14FN3O. The molecule has 1 aliphatic heterocycles. The Morgan fingerprint density at radius 1 is 1.50 bits per heavy atom. The van der Waals surface area contributed by atoms with Gasteiger partial charge in [0.05, 0.1) is 0 Å². The lowest BCUT2D eigenvalue weighted by Crippen LogP contribution is -2.19. The van der Waals surface area contributed by atoms with Gasteiger partial charge in [0, 0.05) is 11.8 Å². The molecule has 3 heterocycles. The summed E-state index contributed by atoms with van der Waals surface area (Å²) >= 11 is 0. The minimum Gasteiger partial charge on any atom is -0.316 e. The first kappa shape index (κ1) is 11.3. The van der Waals surface area contributed by atoms with Gasteiger partial charge >= 0.3 is 0 Å². The molecule has 2 aromatic heterocycles. The van der Waals surface area contributed by atoms with Crippen molar-refractivity contribution in [2.45, 2.75) is 12.8 Å². The van der Waals surface area contributed by atoms with Crippen molar-refractivity contribution in [1.29, 1.82) is 0 Å². The van der Waals surface area contributed by atoms with Gasteiger partial charge in [0.25, 0.3) is 5.56 Å². The molecule has 1 unspecified atom stereocenters. The van der Waals surface area contributed by atoms with E-state index in [2.05, 4.69) is 10.3 Å². The molecule has 0 spiro atoms.